The maximum atomic E-state index is 12.4. The fraction of sp³-hybridized carbons (Fsp3) is 0.478. The number of thioether (sulfide) groups is 1. The summed E-state index contributed by atoms with van der Waals surface area (Å²) >= 11 is 1.68. The van der Waals surface area contributed by atoms with Gasteiger partial charge in [0.05, 0.1) is 11.7 Å². The van der Waals surface area contributed by atoms with Crippen LogP contribution in [0.4, 0.5) is 0 Å². The van der Waals surface area contributed by atoms with Crippen molar-refractivity contribution in [3.8, 4) is 0 Å². The number of carbonyl (C=O) groups is 1. The summed E-state index contributed by atoms with van der Waals surface area (Å²) in [4.78, 5) is 20.3. The van der Waals surface area contributed by atoms with Crippen LogP contribution < -0.4 is 5.32 Å². The van der Waals surface area contributed by atoms with Gasteiger partial charge >= 0.3 is 0 Å². The van der Waals surface area contributed by atoms with Gasteiger partial charge in [-0.1, -0.05) is 6.07 Å². The molecule has 1 spiro atoms. The second-order valence-corrected chi connectivity index (χ2v) is 8.92. The maximum absolute atomic E-state index is 12.4. The molecule has 2 aliphatic heterocycles. The molecule has 4 rings (SSSR count). The fourth-order valence-electron chi connectivity index (χ4n) is 4.33. The number of hydrogen-bond donors (Lipinski definition) is 1. The molecule has 1 aromatic heterocycles. The molecule has 2 saturated heterocycles. The largest absolute Gasteiger partial charge is 0.370 e. The highest BCUT2D eigenvalue weighted by Gasteiger charge is 2.42. The summed E-state index contributed by atoms with van der Waals surface area (Å²) in [7, 11) is 0. The van der Waals surface area contributed by atoms with Crippen molar-refractivity contribution in [3.63, 3.8) is 0 Å². The first-order valence-corrected chi connectivity index (χ1v) is 11.6. The molecule has 6 heteroatoms. The van der Waals surface area contributed by atoms with Gasteiger partial charge in [-0.15, -0.1) is 11.8 Å². The lowest BCUT2D eigenvalue weighted by Gasteiger charge is -2.39. The summed E-state index contributed by atoms with van der Waals surface area (Å²) in [5.41, 5.74) is 1.97. The third-order valence-electron chi connectivity index (χ3n) is 6.08. The Morgan fingerprint density at radius 3 is 2.72 bits per heavy atom. The van der Waals surface area contributed by atoms with Crippen molar-refractivity contribution in [2.24, 2.45) is 0 Å². The third kappa shape index (κ3) is 5.18. The monoisotopic (exact) mass is 411 g/mol. The molecule has 1 N–H and O–H groups in total. The normalized spacial score (nSPS) is 21.3. The van der Waals surface area contributed by atoms with Gasteiger partial charge in [-0.3, -0.25) is 14.7 Å². The van der Waals surface area contributed by atoms with Crippen LogP contribution in [0.3, 0.4) is 0 Å². The molecule has 29 heavy (non-hydrogen) atoms. The first-order valence-electron chi connectivity index (χ1n) is 10.4. The number of amides is 1. The van der Waals surface area contributed by atoms with Gasteiger partial charge in [0.1, 0.15) is 0 Å². The van der Waals surface area contributed by atoms with E-state index >= 15 is 0 Å². The van der Waals surface area contributed by atoms with E-state index in [1.807, 2.05) is 49.0 Å². The zero-order valence-corrected chi connectivity index (χ0v) is 17.8. The Hall–Kier alpha value is -1.89. The number of aromatic nitrogens is 1. The molecule has 1 amide bonds. The quantitative estimate of drug-likeness (QED) is 0.734. The van der Waals surface area contributed by atoms with Crippen molar-refractivity contribution in [1.82, 2.24) is 15.2 Å². The Morgan fingerprint density at radius 1 is 1.24 bits per heavy atom. The topological polar surface area (TPSA) is 54.5 Å². The molecule has 0 aliphatic carbocycles. The Morgan fingerprint density at radius 2 is 2.03 bits per heavy atom. The fourth-order valence-corrected chi connectivity index (χ4v) is 4.73. The van der Waals surface area contributed by atoms with Crippen molar-refractivity contribution in [2.75, 3.05) is 25.9 Å². The molecule has 1 aromatic carbocycles. The van der Waals surface area contributed by atoms with Crippen LogP contribution in [0.5, 0.6) is 0 Å². The zero-order chi connectivity index (χ0) is 20.1. The lowest BCUT2D eigenvalue weighted by atomic mass is 9.88. The molecular weight excluding hydrogens is 382 g/mol. The third-order valence-corrected chi connectivity index (χ3v) is 6.82. The van der Waals surface area contributed by atoms with Crippen molar-refractivity contribution in [3.05, 3.63) is 59.9 Å². The van der Waals surface area contributed by atoms with Crippen LogP contribution in [0.25, 0.3) is 0 Å². The second kappa shape index (κ2) is 9.28. The Kier molecular flexibility index (Phi) is 6.53. The molecule has 0 saturated carbocycles. The minimum absolute atomic E-state index is 0.000823. The number of benzene rings is 1. The van der Waals surface area contributed by atoms with Crippen LogP contribution >= 0.6 is 11.8 Å². The number of pyridine rings is 1. The number of likely N-dealkylation sites (tertiary alicyclic amines) is 1. The molecule has 3 heterocycles. The second-order valence-electron chi connectivity index (χ2n) is 8.04. The van der Waals surface area contributed by atoms with Gasteiger partial charge in [-0.2, -0.15) is 0 Å². The van der Waals surface area contributed by atoms with Crippen molar-refractivity contribution in [2.45, 2.75) is 48.8 Å². The summed E-state index contributed by atoms with van der Waals surface area (Å²) in [6, 6.07) is 11.9. The number of nitrogens with one attached hydrogen (secondary N) is 1. The van der Waals surface area contributed by atoms with E-state index in [2.05, 4.69) is 21.3 Å². The van der Waals surface area contributed by atoms with E-state index in [1.165, 1.54) is 5.56 Å². The molecule has 2 aliphatic rings. The highest BCUT2D eigenvalue weighted by Crippen LogP contribution is 2.39. The van der Waals surface area contributed by atoms with Gasteiger partial charge in [-0.05, 0) is 67.8 Å². The number of piperidine rings is 1. The molecule has 0 bridgehead atoms. The summed E-state index contributed by atoms with van der Waals surface area (Å²) in [6.45, 7) is 3.65. The molecule has 5 nitrogen and oxygen atoms in total. The van der Waals surface area contributed by atoms with Gasteiger partial charge in [0, 0.05) is 49.0 Å². The summed E-state index contributed by atoms with van der Waals surface area (Å²) in [5.74, 6) is -0.0199. The van der Waals surface area contributed by atoms with Crippen LogP contribution in [0, 0.1) is 0 Å². The highest BCUT2D eigenvalue weighted by molar-refractivity contribution is 7.98. The van der Waals surface area contributed by atoms with Crippen LogP contribution in [0.2, 0.25) is 0 Å². The SMILES string of the molecule is CSc1ccc(C(=O)NCC2CCC3(CCN(Cc4cccnc4)CC3)O2)cc1. The Labute approximate surface area is 177 Å². The number of ether oxygens (including phenoxy) is 1. The number of nitrogens with zero attached hydrogens (tertiary/aromatic N) is 2. The van der Waals surface area contributed by atoms with Crippen LogP contribution in [0.15, 0.2) is 53.7 Å². The van der Waals surface area contributed by atoms with E-state index in [0.717, 1.165) is 50.2 Å². The molecular formula is C23H29N3O2S. The summed E-state index contributed by atoms with van der Waals surface area (Å²) in [6.07, 6.45) is 10.2. The van der Waals surface area contributed by atoms with Crippen LogP contribution in [0.1, 0.15) is 41.6 Å². The van der Waals surface area contributed by atoms with Crippen molar-refractivity contribution >= 4 is 17.7 Å². The van der Waals surface area contributed by atoms with E-state index in [0.29, 0.717) is 12.1 Å². The summed E-state index contributed by atoms with van der Waals surface area (Å²) in [5, 5.41) is 3.05. The smallest absolute Gasteiger partial charge is 0.251 e. The average molecular weight is 412 g/mol. The molecule has 1 atom stereocenters. The van der Waals surface area contributed by atoms with E-state index in [-0.39, 0.29) is 17.6 Å². The Bertz CT molecular complexity index is 805. The van der Waals surface area contributed by atoms with Gasteiger partial charge in [0.2, 0.25) is 0 Å². The summed E-state index contributed by atoms with van der Waals surface area (Å²) < 4.78 is 6.45. The van der Waals surface area contributed by atoms with E-state index in [9.17, 15) is 4.79 Å². The van der Waals surface area contributed by atoms with Gasteiger partial charge in [-0.25, -0.2) is 0 Å². The average Bonchev–Trinajstić information content (AvgIpc) is 3.17. The predicted octanol–water partition coefficient (Wildman–Crippen LogP) is 3.75. The first-order chi connectivity index (χ1) is 14.2. The molecule has 1 unspecified atom stereocenters. The van der Waals surface area contributed by atoms with Crippen molar-refractivity contribution < 1.29 is 9.53 Å². The van der Waals surface area contributed by atoms with Gasteiger partial charge in [0.25, 0.3) is 5.91 Å². The molecule has 0 radical (unpaired) electrons. The van der Waals surface area contributed by atoms with Crippen molar-refractivity contribution in [1.29, 1.82) is 0 Å². The van der Waals surface area contributed by atoms with Gasteiger partial charge in [0.15, 0.2) is 0 Å². The minimum atomic E-state index is -0.0199. The van der Waals surface area contributed by atoms with Gasteiger partial charge < -0.3 is 10.1 Å². The lowest BCUT2D eigenvalue weighted by Crippen LogP contribution is -2.44. The molecule has 2 fully saturated rings. The Balaban J connectivity index is 1.22. The highest BCUT2D eigenvalue weighted by atomic mass is 32.2. The predicted molar refractivity (Wildman–Crippen MR) is 116 cm³/mol. The lowest BCUT2D eigenvalue weighted by molar-refractivity contribution is -0.0764. The molecule has 154 valence electrons. The van der Waals surface area contributed by atoms with E-state index in [4.69, 9.17) is 4.74 Å². The number of carbonyl (C=O) groups excluding carboxylic acids is 1. The maximum Gasteiger partial charge on any atom is 0.251 e. The van der Waals surface area contributed by atoms with E-state index in [1.54, 1.807) is 11.8 Å². The minimum Gasteiger partial charge on any atom is -0.370 e. The molecule has 2 aromatic rings. The first kappa shape index (κ1) is 20.4. The van der Waals surface area contributed by atoms with Crippen LogP contribution in [-0.2, 0) is 11.3 Å². The van der Waals surface area contributed by atoms with E-state index < -0.39 is 0 Å². The van der Waals surface area contributed by atoms with Crippen LogP contribution in [-0.4, -0.2) is 53.4 Å². The zero-order valence-electron chi connectivity index (χ0n) is 17.0. The number of rotatable bonds is 6. The standard InChI is InChI=1S/C23H29N3O2S/c1-29-21-6-4-19(5-7-21)22(27)25-16-20-8-9-23(28-20)10-13-26(14-11-23)17-18-3-2-12-24-15-18/h2-7,12,15,20H,8-11,13-14,16-17H2,1H3,(H,25,27). The number of hydrogen-bond acceptors (Lipinski definition) is 5.